The summed E-state index contributed by atoms with van der Waals surface area (Å²) in [5.74, 6) is -0.0371. The van der Waals surface area contributed by atoms with Crippen molar-refractivity contribution in [3.05, 3.63) is 29.3 Å². The minimum atomic E-state index is -0.802. The van der Waals surface area contributed by atoms with Gasteiger partial charge in [0.15, 0.2) is 6.79 Å². The van der Waals surface area contributed by atoms with E-state index < -0.39 is 5.97 Å². The van der Waals surface area contributed by atoms with E-state index in [1.165, 1.54) is 0 Å². The summed E-state index contributed by atoms with van der Waals surface area (Å²) in [6.07, 6.45) is 6.89. The summed E-state index contributed by atoms with van der Waals surface area (Å²) >= 11 is 0. The predicted molar refractivity (Wildman–Crippen MR) is 109 cm³/mol. The van der Waals surface area contributed by atoms with E-state index in [4.69, 9.17) is 19.3 Å². The second-order valence-electron chi connectivity index (χ2n) is 7.82. The maximum atomic E-state index is 11.8. The summed E-state index contributed by atoms with van der Waals surface area (Å²) in [6, 6.07) is 5.79. The highest BCUT2D eigenvalue weighted by atomic mass is 16.7. The lowest BCUT2D eigenvalue weighted by atomic mass is 9.82. The molecule has 1 amide bonds. The van der Waals surface area contributed by atoms with Gasteiger partial charge in [-0.05, 0) is 69.1 Å². The molecular weight excluding hydrogens is 374 g/mol. The number of unbranched alkanes of at least 4 members (excludes halogenated alkanes) is 2. The van der Waals surface area contributed by atoms with Crippen molar-refractivity contribution in [2.75, 3.05) is 20.4 Å². The second-order valence-corrected chi connectivity index (χ2v) is 7.82. The van der Waals surface area contributed by atoms with E-state index in [1.807, 2.05) is 25.1 Å². The van der Waals surface area contributed by atoms with Crippen LogP contribution in [0.5, 0.6) is 5.75 Å². The SMILES string of the molecule is COCOc1ccc(CCC(=O)O)cc1CCCCCNC(=O)OC1(C)CCC1. The molecule has 7 heteroatoms. The number of rotatable bonds is 13. The quantitative estimate of drug-likeness (QED) is 0.378. The molecule has 162 valence electrons. The van der Waals surface area contributed by atoms with E-state index in [-0.39, 0.29) is 24.9 Å². The van der Waals surface area contributed by atoms with E-state index in [0.717, 1.165) is 61.8 Å². The molecule has 29 heavy (non-hydrogen) atoms. The van der Waals surface area contributed by atoms with Crippen molar-refractivity contribution in [2.24, 2.45) is 0 Å². The van der Waals surface area contributed by atoms with Crippen LogP contribution in [0.1, 0.15) is 63.0 Å². The number of carbonyl (C=O) groups excluding carboxylic acids is 1. The van der Waals surface area contributed by atoms with Crippen molar-refractivity contribution in [3.8, 4) is 5.75 Å². The highest BCUT2D eigenvalue weighted by Crippen LogP contribution is 2.34. The number of methoxy groups -OCH3 is 1. The lowest BCUT2D eigenvalue weighted by molar-refractivity contribution is -0.136. The highest BCUT2D eigenvalue weighted by Gasteiger charge is 2.35. The van der Waals surface area contributed by atoms with Gasteiger partial charge in [-0.15, -0.1) is 0 Å². The Morgan fingerprint density at radius 1 is 1.17 bits per heavy atom. The second kappa shape index (κ2) is 11.7. The third-order valence-electron chi connectivity index (χ3n) is 5.23. The molecule has 1 fully saturated rings. The molecule has 1 aromatic carbocycles. The van der Waals surface area contributed by atoms with E-state index in [9.17, 15) is 9.59 Å². The molecule has 1 aliphatic rings. The number of carboxylic acids is 1. The Morgan fingerprint density at radius 3 is 2.62 bits per heavy atom. The third-order valence-corrected chi connectivity index (χ3v) is 5.23. The molecule has 7 nitrogen and oxygen atoms in total. The van der Waals surface area contributed by atoms with Crippen molar-refractivity contribution in [3.63, 3.8) is 0 Å². The first kappa shape index (κ1) is 23.0. The molecule has 0 unspecified atom stereocenters. The summed E-state index contributed by atoms with van der Waals surface area (Å²) in [4.78, 5) is 22.6. The van der Waals surface area contributed by atoms with Gasteiger partial charge in [-0.25, -0.2) is 4.79 Å². The van der Waals surface area contributed by atoms with Gasteiger partial charge in [0.1, 0.15) is 11.4 Å². The molecule has 0 spiro atoms. The van der Waals surface area contributed by atoms with Gasteiger partial charge >= 0.3 is 12.1 Å². The fourth-order valence-electron chi connectivity index (χ4n) is 3.34. The number of benzene rings is 1. The van der Waals surface area contributed by atoms with E-state index in [0.29, 0.717) is 13.0 Å². The van der Waals surface area contributed by atoms with Crippen LogP contribution in [0, 0.1) is 0 Å². The summed E-state index contributed by atoms with van der Waals surface area (Å²) in [5.41, 5.74) is 1.77. The number of nitrogens with one attached hydrogen (secondary N) is 1. The highest BCUT2D eigenvalue weighted by molar-refractivity contribution is 5.67. The zero-order valence-corrected chi connectivity index (χ0v) is 17.5. The molecular formula is C22H33NO6. The van der Waals surface area contributed by atoms with Crippen LogP contribution in [0.25, 0.3) is 0 Å². The molecule has 0 saturated heterocycles. The first-order valence-corrected chi connectivity index (χ1v) is 10.3. The van der Waals surface area contributed by atoms with Gasteiger partial charge in [0.2, 0.25) is 0 Å². The number of carboxylic acid groups (broad SMARTS) is 1. The normalized spacial score (nSPS) is 14.7. The van der Waals surface area contributed by atoms with Gasteiger partial charge < -0.3 is 24.6 Å². The Bertz CT molecular complexity index is 671. The van der Waals surface area contributed by atoms with Crippen LogP contribution < -0.4 is 10.1 Å². The van der Waals surface area contributed by atoms with Crippen LogP contribution in [0.3, 0.4) is 0 Å². The molecule has 1 saturated carbocycles. The minimum Gasteiger partial charge on any atom is -0.481 e. The van der Waals surface area contributed by atoms with Crippen molar-refractivity contribution >= 4 is 12.1 Å². The largest absolute Gasteiger partial charge is 0.481 e. The number of carbonyl (C=O) groups is 2. The van der Waals surface area contributed by atoms with Crippen molar-refractivity contribution < 1.29 is 28.9 Å². The van der Waals surface area contributed by atoms with Crippen LogP contribution >= 0.6 is 0 Å². The maximum absolute atomic E-state index is 11.8. The Kier molecular flexibility index (Phi) is 9.25. The molecule has 0 aliphatic heterocycles. The van der Waals surface area contributed by atoms with Crippen LogP contribution in [0.4, 0.5) is 4.79 Å². The number of ether oxygens (including phenoxy) is 3. The summed E-state index contributed by atoms with van der Waals surface area (Å²) in [5, 5.41) is 11.7. The molecule has 0 radical (unpaired) electrons. The molecule has 0 heterocycles. The van der Waals surface area contributed by atoms with Crippen LogP contribution in [0.15, 0.2) is 18.2 Å². The smallest absolute Gasteiger partial charge is 0.407 e. The monoisotopic (exact) mass is 407 g/mol. The van der Waals surface area contributed by atoms with Gasteiger partial charge in [0, 0.05) is 20.1 Å². The first-order chi connectivity index (χ1) is 13.9. The van der Waals surface area contributed by atoms with Gasteiger partial charge in [0.25, 0.3) is 0 Å². The molecule has 0 bridgehead atoms. The average molecular weight is 408 g/mol. The summed E-state index contributed by atoms with van der Waals surface area (Å²) in [6.45, 7) is 2.75. The number of amides is 1. The van der Waals surface area contributed by atoms with Crippen molar-refractivity contribution in [1.82, 2.24) is 5.32 Å². The van der Waals surface area contributed by atoms with Gasteiger partial charge in [0.05, 0.1) is 0 Å². The molecule has 0 atom stereocenters. The van der Waals surface area contributed by atoms with Crippen LogP contribution in [0.2, 0.25) is 0 Å². The molecule has 1 aliphatic carbocycles. The first-order valence-electron chi connectivity index (χ1n) is 10.3. The molecule has 0 aromatic heterocycles. The topological polar surface area (TPSA) is 94.1 Å². The van der Waals surface area contributed by atoms with E-state index in [2.05, 4.69) is 5.32 Å². The van der Waals surface area contributed by atoms with Crippen LogP contribution in [-0.4, -0.2) is 43.2 Å². The van der Waals surface area contributed by atoms with Crippen molar-refractivity contribution in [1.29, 1.82) is 0 Å². The van der Waals surface area contributed by atoms with E-state index in [1.54, 1.807) is 7.11 Å². The Hall–Kier alpha value is -2.28. The predicted octanol–water partition coefficient (Wildman–Crippen LogP) is 4.07. The number of hydrogen-bond donors (Lipinski definition) is 2. The number of alkyl carbamates (subject to hydrolysis) is 1. The Labute approximate surface area is 172 Å². The van der Waals surface area contributed by atoms with Crippen LogP contribution in [-0.2, 0) is 27.1 Å². The lowest BCUT2D eigenvalue weighted by Crippen LogP contribution is -2.42. The molecule has 2 N–H and O–H groups in total. The van der Waals surface area contributed by atoms with Gasteiger partial charge in [-0.3, -0.25) is 4.79 Å². The minimum absolute atomic E-state index is 0.110. The fourth-order valence-corrected chi connectivity index (χ4v) is 3.34. The number of aryl methyl sites for hydroxylation is 2. The zero-order valence-electron chi connectivity index (χ0n) is 17.5. The molecule has 1 aromatic rings. The lowest BCUT2D eigenvalue weighted by Gasteiger charge is -2.37. The number of aliphatic carboxylic acids is 1. The zero-order chi connectivity index (χ0) is 21.1. The van der Waals surface area contributed by atoms with E-state index >= 15 is 0 Å². The average Bonchev–Trinajstić information content (AvgIpc) is 2.66. The summed E-state index contributed by atoms with van der Waals surface area (Å²) in [7, 11) is 1.57. The number of hydrogen-bond acceptors (Lipinski definition) is 5. The summed E-state index contributed by atoms with van der Waals surface area (Å²) < 4.78 is 16.0. The maximum Gasteiger partial charge on any atom is 0.407 e. The fraction of sp³-hybridized carbons (Fsp3) is 0.636. The molecule has 2 rings (SSSR count). The standard InChI is InChI=1S/C22H33NO6/c1-22(12-6-13-22)29-21(26)23-14-5-3-4-7-18-15-17(9-11-20(24)25)8-10-19(18)28-16-27-2/h8,10,15H,3-7,9,11-14,16H2,1-2H3,(H,23,26)(H,24,25). The Balaban J connectivity index is 1.73. The van der Waals surface area contributed by atoms with Gasteiger partial charge in [-0.2, -0.15) is 0 Å². The third kappa shape index (κ3) is 8.31. The van der Waals surface area contributed by atoms with Crippen molar-refractivity contribution in [2.45, 2.75) is 70.3 Å². The van der Waals surface area contributed by atoms with Gasteiger partial charge in [-0.1, -0.05) is 18.6 Å². The Morgan fingerprint density at radius 2 is 1.97 bits per heavy atom.